The van der Waals surface area contributed by atoms with Crippen LogP contribution in [0.1, 0.15) is 12.6 Å². The summed E-state index contributed by atoms with van der Waals surface area (Å²) >= 11 is 3.59. The lowest BCUT2D eigenvalue weighted by Crippen LogP contribution is -1.97. The number of halogens is 1. The summed E-state index contributed by atoms with van der Waals surface area (Å²) in [6.45, 7) is 2.04. The Bertz CT molecular complexity index is 1040. The van der Waals surface area contributed by atoms with Gasteiger partial charge in [0.1, 0.15) is 17.7 Å². The van der Waals surface area contributed by atoms with Crippen LogP contribution in [0.4, 0.5) is 0 Å². The fraction of sp³-hybridized carbons (Fsp3) is 0.118. The Hall–Kier alpha value is -3.07. The number of hydrogen-bond acceptors (Lipinski definition) is 7. The van der Waals surface area contributed by atoms with E-state index < -0.39 is 0 Å². The van der Waals surface area contributed by atoms with Crippen LogP contribution in [0.2, 0.25) is 0 Å². The number of nitrogens with one attached hydrogen (secondary N) is 1. The van der Waals surface area contributed by atoms with Crippen molar-refractivity contribution < 1.29 is 9.47 Å². The van der Waals surface area contributed by atoms with Crippen molar-refractivity contribution in [3.05, 3.63) is 53.4 Å². The van der Waals surface area contributed by atoms with Crippen LogP contribution in [0.25, 0.3) is 11.0 Å². The first-order valence-electron chi connectivity index (χ1n) is 7.83. The first-order valence-corrected chi connectivity index (χ1v) is 8.62. The minimum absolute atomic E-state index is 0.147. The second kappa shape index (κ2) is 7.04. The molecule has 0 unspecified atom stereocenters. The average molecular weight is 413 g/mol. The summed E-state index contributed by atoms with van der Waals surface area (Å²) in [5, 5.41) is 0.726. The molecule has 26 heavy (non-hydrogen) atoms. The van der Waals surface area contributed by atoms with E-state index in [2.05, 4.69) is 45.8 Å². The van der Waals surface area contributed by atoms with Crippen molar-refractivity contribution in [2.45, 2.75) is 13.3 Å². The lowest BCUT2D eigenvalue weighted by atomic mass is 10.3. The highest BCUT2D eigenvalue weighted by Gasteiger charge is 2.19. The largest absolute Gasteiger partial charge is 0.435 e. The number of fused-ring (bicyclic) bond motifs is 1. The van der Waals surface area contributed by atoms with Crippen LogP contribution in [0.15, 0.2) is 47.7 Å². The van der Waals surface area contributed by atoms with E-state index in [9.17, 15) is 0 Å². The Morgan fingerprint density at radius 1 is 1.04 bits per heavy atom. The van der Waals surface area contributed by atoms with Crippen molar-refractivity contribution in [3.8, 4) is 23.4 Å². The molecule has 0 aliphatic rings. The summed E-state index contributed by atoms with van der Waals surface area (Å²) in [7, 11) is 0. The molecule has 0 aliphatic carbocycles. The van der Waals surface area contributed by atoms with E-state index in [1.54, 1.807) is 36.9 Å². The summed E-state index contributed by atoms with van der Waals surface area (Å²) in [6, 6.07) is 3.69. The SMILES string of the molecule is CCc1[nH]c2nc(Oc3cccnc3)nc(Oc3cncnc3)c2c1Br. The standard InChI is InChI=1S/C17H13BrN6O2/c1-2-12-14(18)13-15(22-12)23-17(26-10-4-3-5-19-6-10)24-16(13)25-11-7-20-9-21-8-11/h3-9H,2H2,1H3,(H,22,23,24). The van der Waals surface area contributed by atoms with Crippen molar-refractivity contribution in [2.24, 2.45) is 0 Å². The number of H-pyrrole nitrogens is 1. The molecule has 0 saturated carbocycles. The Morgan fingerprint density at radius 3 is 2.58 bits per heavy atom. The molecule has 0 amide bonds. The van der Waals surface area contributed by atoms with Gasteiger partial charge in [-0.05, 0) is 34.5 Å². The molecule has 0 atom stereocenters. The molecular formula is C17H13BrN6O2. The molecule has 0 aromatic carbocycles. The van der Waals surface area contributed by atoms with Crippen LogP contribution in [-0.2, 0) is 6.42 Å². The molecule has 130 valence electrons. The van der Waals surface area contributed by atoms with Gasteiger partial charge in [-0.2, -0.15) is 9.97 Å². The number of nitrogens with zero attached hydrogens (tertiary/aromatic N) is 5. The molecule has 0 radical (unpaired) electrons. The normalized spacial score (nSPS) is 10.8. The maximum Gasteiger partial charge on any atom is 0.327 e. The van der Waals surface area contributed by atoms with Gasteiger partial charge in [0.15, 0.2) is 5.75 Å². The van der Waals surface area contributed by atoms with Gasteiger partial charge in [-0.15, -0.1) is 0 Å². The fourth-order valence-corrected chi connectivity index (χ4v) is 3.12. The minimum Gasteiger partial charge on any atom is -0.435 e. The first-order chi connectivity index (χ1) is 12.7. The molecule has 4 rings (SSSR count). The van der Waals surface area contributed by atoms with E-state index in [-0.39, 0.29) is 6.01 Å². The summed E-state index contributed by atoms with van der Waals surface area (Å²) in [5.74, 6) is 1.33. The molecule has 4 aromatic heterocycles. The van der Waals surface area contributed by atoms with Gasteiger partial charge < -0.3 is 14.5 Å². The van der Waals surface area contributed by atoms with Crippen molar-refractivity contribution in [1.82, 2.24) is 29.9 Å². The van der Waals surface area contributed by atoms with E-state index in [0.717, 1.165) is 22.0 Å². The number of pyridine rings is 1. The lowest BCUT2D eigenvalue weighted by molar-refractivity contribution is 0.414. The molecule has 0 fully saturated rings. The van der Waals surface area contributed by atoms with Gasteiger partial charge in [0.25, 0.3) is 0 Å². The maximum absolute atomic E-state index is 5.89. The van der Waals surface area contributed by atoms with E-state index in [4.69, 9.17) is 9.47 Å². The molecule has 0 spiro atoms. The molecule has 0 saturated heterocycles. The Balaban J connectivity index is 1.81. The third-order valence-electron chi connectivity index (χ3n) is 3.56. The molecule has 0 bridgehead atoms. The van der Waals surface area contributed by atoms with Crippen molar-refractivity contribution in [2.75, 3.05) is 0 Å². The van der Waals surface area contributed by atoms with Gasteiger partial charge in [0.2, 0.25) is 5.88 Å². The lowest BCUT2D eigenvalue weighted by Gasteiger charge is -2.08. The predicted octanol–water partition coefficient (Wildman–Crippen LogP) is 4.05. The van der Waals surface area contributed by atoms with E-state index in [1.165, 1.54) is 6.33 Å². The molecule has 0 aliphatic heterocycles. The van der Waals surface area contributed by atoms with Crippen LogP contribution >= 0.6 is 15.9 Å². The number of hydrogen-bond donors (Lipinski definition) is 1. The van der Waals surface area contributed by atoms with Crippen LogP contribution in [0.5, 0.6) is 23.4 Å². The summed E-state index contributed by atoms with van der Waals surface area (Å²) in [6.07, 6.45) is 8.59. The van der Waals surface area contributed by atoms with Crippen LogP contribution in [-0.4, -0.2) is 29.9 Å². The maximum atomic E-state index is 5.89. The zero-order valence-corrected chi connectivity index (χ0v) is 15.3. The Kier molecular flexibility index (Phi) is 4.44. The first kappa shape index (κ1) is 16.4. The number of rotatable bonds is 5. The van der Waals surface area contributed by atoms with E-state index in [0.29, 0.717) is 23.0 Å². The van der Waals surface area contributed by atoms with E-state index in [1.807, 2.05) is 6.92 Å². The van der Waals surface area contributed by atoms with Crippen molar-refractivity contribution in [3.63, 3.8) is 0 Å². The van der Waals surface area contributed by atoms with Crippen molar-refractivity contribution >= 4 is 27.0 Å². The minimum atomic E-state index is 0.147. The summed E-state index contributed by atoms with van der Waals surface area (Å²) in [5.41, 5.74) is 1.59. The highest BCUT2D eigenvalue weighted by Crippen LogP contribution is 2.37. The van der Waals surface area contributed by atoms with Gasteiger partial charge in [0, 0.05) is 11.9 Å². The molecule has 9 heteroatoms. The summed E-state index contributed by atoms with van der Waals surface area (Å²) in [4.78, 5) is 24.1. The average Bonchev–Trinajstić information content (AvgIpc) is 2.99. The van der Waals surface area contributed by atoms with Crippen molar-refractivity contribution in [1.29, 1.82) is 0 Å². The number of aromatic amines is 1. The van der Waals surface area contributed by atoms with Gasteiger partial charge in [-0.25, -0.2) is 9.97 Å². The number of aromatic nitrogens is 6. The Labute approximate surface area is 156 Å². The van der Waals surface area contributed by atoms with Crippen LogP contribution < -0.4 is 9.47 Å². The monoisotopic (exact) mass is 412 g/mol. The highest BCUT2D eigenvalue weighted by molar-refractivity contribution is 9.10. The molecule has 4 aromatic rings. The second-order valence-electron chi connectivity index (χ2n) is 5.27. The predicted molar refractivity (Wildman–Crippen MR) is 97.4 cm³/mol. The van der Waals surface area contributed by atoms with E-state index >= 15 is 0 Å². The van der Waals surface area contributed by atoms with Crippen LogP contribution in [0, 0.1) is 0 Å². The zero-order chi connectivity index (χ0) is 17.9. The number of aryl methyl sites for hydroxylation is 1. The smallest absolute Gasteiger partial charge is 0.327 e. The zero-order valence-electron chi connectivity index (χ0n) is 13.7. The fourth-order valence-electron chi connectivity index (χ4n) is 2.38. The quantitative estimate of drug-likeness (QED) is 0.527. The molecule has 4 heterocycles. The second-order valence-corrected chi connectivity index (χ2v) is 6.07. The van der Waals surface area contributed by atoms with Gasteiger partial charge in [0.05, 0.1) is 28.4 Å². The number of ether oxygens (including phenoxy) is 2. The molecular weight excluding hydrogens is 400 g/mol. The molecule has 1 N–H and O–H groups in total. The highest BCUT2D eigenvalue weighted by atomic mass is 79.9. The van der Waals surface area contributed by atoms with Crippen LogP contribution in [0.3, 0.4) is 0 Å². The van der Waals surface area contributed by atoms with Gasteiger partial charge >= 0.3 is 6.01 Å². The molecule has 8 nitrogen and oxygen atoms in total. The topological polar surface area (TPSA) is 98.7 Å². The van der Waals surface area contributed by atoms with Gasteiger partial charge in [-0.3, -0.25) is 4.98 Å². The third kappa shape index (κ3) is 3.21. The summed E-state index contributed by atoms with van der Waals surface area (Å²) < 4.78 is 12.5. The Morgan fingerprint density at radius 2 is 1.85 bits per heavy atom. The third-order valence-corrected chi connectivity index (χ3v) is 4.43. The van der Waals surface area contributed by atoms with Gasteiger partial charge in [-0.1, -0.05) is 6.92 Å².